The molecule has 2 aliphatic carbocycles. The van der Waals surface area contributed by atoms with Gasteiger partial charge in [0.25, 0.3) is 5.91 Å². The molecule has 0 radical (unpaired) electrons. The number of benzene rings is 1. The fourth-order valence-corrected chi connectivity index (χ4v) is 3.83. The normalized spacial score (nSPS) is 20.4. The summed E-state index contributed by atoms with van der Waals surface area (Å²) in [7, 11) is 1.77. The Balaban J connectivity index is 1.29. The second-order valence-electron chi connectivity index (χ2n) is 8.60. The first-order valence-corrected chi connectivity index (χ1v) is 11.6. The molecule has 1 amide bonds. The quantitative estimate of drug-likeness (QED) is 0.502. The number of rotatable bonds is 6. The Morgan fingerprint density at radius 3 is 2.61 bits per heavy atom. The first-order valence-electron chi connectivity index (χ1n) is 11.6. The number of allylic oxidation sites excluding steroid dienone is 1. The van der Waals surface area contributed by atoms with E-state index < -0.39 is 0 Å². The third-order valence-corrected chi connectivity index (χ3v) is 6.05. The molecule has 0 unspecified atom stereocenters. The molecule has 2 heterocycles. The fourth-order valence-electron chi connectivity index (χ4n) is 3.83. The van der Waals surface area contributed by atoms with Gasteiger partial charge in [-0.2, -0.15) is 15.0 Å². The molecule has 0 atom stereocenters. The molecule has 9 nitrogen and oxygen atoms in total. The van der Waals surface area contributed by atoms with E-state index in [1.165, 1.54) is 30.5 Å². The third kappa shape index (κ3) is 5.19. The molecule has 33 heavy (non-hydrogen) atoms. The summed E-state index contributed by atoms with van der Waals surface area (Å²) in [6.45, 7) is 1.94. The molecule has 0 bridgehead atoms. The molecule has 2 saturated carbocycles. The molecule has 1 aromatic heterocycles. The Hall–Kier alpha value is -3.33. The maximum atomic E-state index is 13.4. The molecule has 1 saturated heterocycles. The van der Waals surface area contributed by atoms with Crippen LogP contribution in [-0.4, -0.2) is 76.2 Å². The summed E-state index contributed by atoms with van der Waals surface area (Å²) < 4.78 is 0. The largest absolute Gasteiger partial charge is 0.334 e. The molecule has 2 aromatic rings. The highest BCUT2D eigenvalue weighted by Gasteiger charge is 2.29. The van der Waals surface area contributed by atoms with E-state index in [1.54, 1.807) is 24.5 Å². The lowest BCUT2D eigenvalue weighted by molar-refractivity contribution is -0.0849. The van der Waals surface area contributed by atoms with Gasteiger partial charge in [-0.3, -0.25) is 19.6 Å². The maximum absolute atomic E-state index is 13.4. The van der Waals surface area contributed by atoms with Crippen molar-refractivity contribution in [2.24, 2.45) is 21.8 Å². The SMILES string of the molecule is CN=C(/C=C(\N=CC1CC1)C1CC1)N1CCN(C(=O)c2ccccc2-n2nccn2)CCO1. The van der Waals surface area contributed by atoms with Gasteiger partial charge in [0.2, 0.25) is 0 Å². The zero-order valence-corrected chi connectivity index (χ0v) is 18.9. The fraction of sp³-hybridized carbons (Fsp3) is 0.458. The number of hydrogen-bond donors (Lipinski definition) is 0. The lowest BCUT2D eigenvalue weighted by Gasteiger charge is -2.22. The third-order valence-electron chi connectivity index (χ3n) is 6.05. The van der Waals surface area contributed by atoms with Crippen LogP contribution in [0.4, 0.5) is 0 Å². The van der Waals surface area contributed by atoms with Gasteiger partial charge in [-0.15, -0.1) is 0 Å². The number of carbonyl (C=O) groups is 1. The zero-order chi connectivity index (χ0) is 22.6. The van der Waals surface area contributed by atoms with E-state index in [4.69, 9.17) is 9.83 Å². The molecule has 3 aliphatic rings. The average Bonchev–Trinajstić information content (AvgIpc) is 3.77. The van der Waals surface area contributed by atoms with Crippen LogP contribution in [-0.2, 0) is 4.84 Å². The van der Waals surface area contributed by atoms with E-state index >= 15 is 0 Å². The van der Waals surface area contributed by atoms with E-state index in [1.807, 2.05) is 35.2 Å². The number of amidine groups is 1. The molecule has 1 aliphatic heterocycles. The summed E-state index contributed by atoms with van der Waals surface area (Å²) in [4.78, 5) is 31.9. The summed E-state index contributed by atoms with van der Waals surface area (Å²) in [5.74, 6) is 1.85. The summed E-state index contributed by atoms with van der Waals surface area (Å²) in [5, 5.41) is 10.2. The second-order valence-corrected chi connectivity index (χ2v) is 8.60. The van der Waals surface area contributed by atoms with Crippen LogP contribution in [0.25, 0.3) is 5.69 Å². The number of hydroxylamine groups is 2. The van der Waals surface area contributed by atoms with Crippen LogP contribution in [0.5, 0.6) is 0 Å². The molecular weight excluding hydrogens is 418 g/mol. The highest BCUT2D eigenvalue weighted by atomic mass is 16.7. The van der Waals surface area contributed by atoms with Crippen molar-refractivity contribution in [1.82, 2.24) is 25.0 Å². The Morgan fingerprint density at radius 1 is 1.09 bits per heavy atom. The first kappa shape index (κ1) is 21.5. The molecular formula is C24H29N7O2. The molecule has 9 heteroatoms. The topological polar surface area (TPSA) is 88.2 Å². The van der Waals surface area contributed by atoms with Crippen molar-refractivity contribution >= 4 is 18.0 Å². The Morgan fingerprint density at radius 2 is 1.88 bits per heavy atom. The van der Waals surface area contributed by atoms with Crippen LogP contribution in [0.3, 0.4) is 0 Å². The molecule has 3 fully saturated rings. The number of para-hydroxylation sites is 1. The average molecular weight is 448 g/mol. The van der Waals surface area contributed by atoms with Crippen molar-refractivity contribution in [3.63, 3.8) is 0 Å². The van der Waals surface area contributed by atoms with Crippen molar-refractivity contribution in [2.75, 3.05) is 33.3 Å². The lowest BCUT2D eigenvalue weighted by atomic mass is 10.1. The van der Waals surface area contributed by atoms with E-state index in [9.17, 15) is 4.79 Å². The van der Waals surface area contributed by atoms with Crippen molar-refractivity contribution in [1.29, 1.82) is 0 Å². The Kier molecular flexibility index (Phi) is 6.30. The van der Waals surface area contributed by atoms with Gasteiger partial charge in [-0.25, -0.2) is 5.06 Å². The molecule has 5 rings (SSSR count). The van der Waals surface area contributed by atoms with Gasteiger partial charge in [0.1, 0.15) is 5.84 Å². The smallest absolute Gasteiger partial charge is 0.256 e. The van der Waals surface area contributed by atoms with Gasteiger partial charge >= 0.3 is 0 Å². The maximum Gasteiger partial charge on any atom is 0.256 e. The summed E-state index contributed by atoms with van der Waals surface area (Å²) in [6, 6.07) is 7.39. The van der Waals surface area contributed by atoms with Crippen molar-refractivity contribution < 1.29 is 9.63 Å². The minimum atomic E-state index is -0.0633. The van der Waals surface area contributed by atoms with Crippen LogP contribution in [0.2, 0.25) is 0 Å². The minimum Gasteiger partial charge on any atom is -0.334 e. The highest BCUT2D eigenvalue weighted by Crippen LogP contribution is 2.38. The van der Waals surface area contributed by atoms with Gasteiger partial charge in [-0.1, -0.05) is 12.1 Å². The summed E-state index contributed by atoms with van der Waals surface area (Å²) in [5.41, 5.74) is 2.32. The molecule has 0 N–H and O–H groups in total. The Bertz CT molecular complexity index is 1070. The standard InChI is InChI=1S/C24H29N7O2/c1-25-23(16-21(19-8-9-19)26-17-18-6-7-18)30-13-12-29(14-15-33-30)24(32)20-4-2-3-5-22(20)31-27-10-11-28-31/h2-5,10-11,16-19H,6-9,12-15H2,1H3/b21-16-,25-23?,26-17?. The molecule has 1 aromatic carbocycles. The van der Waals surface area contributed by atoms with Crippen LogP contribution in [0.1, 0.15) is 36.0 Å². The monoisotopic (exact) mass is 447 g/mol. The van der Waals surface area contributed by atoms with Crippen LogP contribution in [0, 0.1) is 11.8 Å². The summed E-state index contributed by atoms with van der Waals surface area (Å²) >= 11 is 0. The van der Waals surface area contributed by atoms with Gasteiger partial charge in [-0.05, 0) is 43.7 Å². The number of aromatic nitrogens is 3. The van der Waals surface area contributed by atoms with Crippen LogP contribution >= 0.6 is 0 Å². The number of amides is 1. The molecule has 0 spiro atoms. The number of nitrogens with zero attached hydrogens (tertiary/aromatic N) is 7. The number of hydrogen-bond acceptors (Lipinski definition) is 6. The van der Waals surface area contributed by atoms with Crippen molar-refractivity contribution in [3.8, 4) is 5.69 Å². The number of aliphatic imine (C=N–C) groups is 2. The van der Waals surface area contributed by atoms with E-state index in [2.05, 4.69) is 21.4 Å². The van der Waals surface area contributed by atoms with Crippen molar-refractivity contribution in [3.05, 3.63) is 54.0 Å². The van der Waals surface area contributed by atoms with Gasteiger partial charge in [0.15, 0.2) is 0 Å². The first-order chi connectivity index (χ1) is 16.2. The van der Waals surface area contributed by atoms with E-state index in [0.29, 0.717) is 49.3 Å². The van der Waals surface area contributed by atoms with E-state index in [0.717, 1.165) is 11.5 Å². The predicted octanol–water partition coefficient (Wildman–Crippen LogP) is 2.76. The summed E-state index contributed by atoms with van der Waals surface area (Å²) in [6.07, 6.45) is 12.2. The van der Waals surface area contributed by atoms with Crippen LogP contribution in [0.15, 0.2) is 58.4 Å². The van der Waals surface area contributed by atoms with Gasteiger partial charge < -0.3 is 4.90 Å². The van der Waals surface area contributed by atoms with Crippen molar-refractivity contribution in [2.45, 2.75) is 25.7 Å². The Labute approximate surface area is 193 Å². The van der Waals surface area contributed by atoms with Crippen LogP contribution < -0.4 is 0 Å². The second kappa shape index (κ2) is 9.66. The predicted molar refractivity (Wildman–Crippen MR) is 125 cm³/mol. The van der Waals surface area contributed by atoms with E-state index in [-0.39, 0.29) is 5.91 Å². The van der Waals surface area contributed by atoms with Gasteiger partial charge in [0.05, 0.1) is 36.8 Å². The minimum absolute atomic E-state index is 0.0633. The van der Waals surface area contributed by atoms with Gasteiger partial charge in [0, 0.05) is 44.0 Å². The molecule has 172 valence electrons. The number of carbonyl (C=O) groups excluding carboxylic acids is 1. The highest BCUT2D eigenvalue weighted by molar-refractivity contribution is 5.98. The lowest BCUT2D eigenvalue weighted by Crippen LogP contribution is -2.37. The zero-order valence-electron chi connectivity index (χ0n) is 18.9.